The van der Waals surface area contributed by atoms with Crippen LogP contribution in [0.4, 0.5) is 11.4 Å². The van der Waals surface area contributed by atoms with Crippen molar-refractivity contribution >= 4 is 44.7 Å². The smallest absolute Gasteiger partial charge is 0.279 e. The van der Waals surface area contributed by atoms with Gasteiger partial charge >= 0.3 is 0 Å². The van der Waals surface area contributed by atoms with Gasteiger partial charge in [-0.3, -0.25) is 19.7 Å². The molecule has 0 saturated carbocycles. The molecular weight excluding hydrogens is 408 g/mol. The third-order valence-corrected chi connectivity index (χ3v) is 5.23. The van der Waals surface area contributed by atoms with E-state index in [0.29, 0.717) is 30.2 Å². The highest BCUT2D eigenvalue weighted by molar-refractivity contribution is 7.16. The van der Waals surface area contributed by atoms with Crippen LogP contribution in [0.2, 0.25) is 0 Å². The first-order valence-electron chi connectivity index (χ1n) is 9.21. The number of ether oxygens (including phenoxy) is 1. The lowest BCUT2D eigenvalue weighted by Crippen LogP contribution is -2.19. The topological polar surface area (TPSA) is 116 Å². The van der Waals surface area contributed by atoms with E-state index in [4.69, 9.17) is 4.74 Å². The summed E-state index contributed by atoms with van der Waals surface area (Å²) in [6, 6.07) is 10.8. The quantitative estimate of drug-likeness (QED) is 0.352. The fraction of sp³-hybridized carbons (Fsp3) is 0.250. The number of nitro benzene ring substituents is 1. The number of nitrogens with one attached hydrogen (secondary N) is 1. The molecular formula is C20H20N4O5S. The standard InChI is InChI=1S/C20H20N4O5S/c1-3-29-11-10-23-17-9-6-15(21-13(2)25)12-18(17)30-20(23)22-19(26)14-4-7-16(8-5-14)24(27)28/h4-9,12H,3,10-11H2,1-2H3,(H,21,25). The van der Waals surface area contributed by atoms with Crippen LogP contribution < -0.4 is 10.1 Å². The van der Waals surface area contributed by atoms with Crippen LogP contribution in [0.5, 0.6) is 0 Å². The van der Waals surface area contributed by atoms with Crippen molar-refractivity contribution in [3.8, 4) is 0 Å². The Morgan fingerprint density at radius 3 is 2.60 bits per heavy atom. The van der Waals surface area contributed by atoms with E-state index in [0.717, 1.165) is 10.2 Å². The summed E-state index contributed by atoms with van der Waals surface area (Å²) in [5.74, 6) is -0.669. The molecule has 0 saturated heterocycles. The number of non-ortho nitro benzene ring substituents is 1. The first-order chi connectivity index (χ1) is 14.4. The summed E-state index contributed by atoms with van der Waals surface area (Å²) in [5.41, 5.74) is 1.68. The first-order valence-corrected chi connectivity index (χ1v) is 10.0. The fourth-order valence-electron chi connectivity index (χ4n) is 2.83. The molecule has 3 aromatic rings. The van der Waals surface area contributed by atoms with E-state index in [1.165, 1.54) is 42.5 Å². The zero-order valence-electron chi connectivity index (χ0n) is 16.5. The van der Waals surface area contributed by atoms with Crippen molar-refractivity contribution in [2.24, 2.45) is 4.99 Å². The van der Waals surface area contributed by atoms with Gasteiger partial charge in [0, 0.05) is 43.5 Å². The SMILES string of the molecule is CCOCCn1c(=NC(=O)c2ccc([N+](=O)[O-])cc2)sc2cc(NC(C)=O)ccc21. The number of thiazole rings is 1. The van der Waals surface area contributed by atoms with Crippen LogP contribution in [-0.2, 0) is 16.1 Å². The second kappa shape index (κ2) is 9.42. The van der Waals surface area contributed by atoms with E-state index in [1.807, 2.05) is 23.6 Å². The maximum Gasteiger partial charge on any atom is 0.279 e. The van der Waals surface area contributed by atoms with Crippen molar-refractivity contribution in [3.63, 3.8) is 0 Å². The van der Waals surface area contributed by atoms with Crippen molar-refractivity contribution in [2.75, 3.05) is 18.5 Å². The molecule has 0 spiro atoms. The number of carbonyl (C=O) groups is 2. The van der Waals surface area contributed by atoms with Gasteiger partial charge in [-0.1, -0.05) is 11.3 Å². The van der Waals surface area contributed by atoms with Gasteiger partial charge in [0.15, 0.2) is 4.80 Å². The number of hydrogen-bond donors (Lipinski definition) is 1. The lowest BCUT2D eigenvalue weighted by Gasteiger charge is -2.06. The Balaban J connectivity index is 2.02. The van der Waals surface area contributed by atoms with Crippen molar-refractivity contribution in [1.29, 1.82) is 0 Å². The number of fused-ring (bicyclic) bond motifs is 1. The third-order valence-electron chi connectivity index (χ3n) is 4.19. The van der Waals surface area contributed by atoms with Gasteiger partial charge in [-0.15, -0.1) is 0 Å². The van der Waals surface area contributed by atoms with E-state index in [1.54, 1.807) is 6.07 Å². The highest BCUT2D eigenvalue weighted by Crippen LogP contribution is 2.22. The molecule has 156 valence electrons. The summed E-state index contributed by atoms with van der Waals surface area (Å²) in [4.78, 5) is 39.0. The van der Waals surface area contributed by atoms with Gasteiger partial charge in [0.25, 0.3) is 11.6 Å². The Kier molecular flexibility index (Phi) is 6.70. The highest BCUT2D eigenvalue weighted by Gasteiger charge is 2.12. The zero-order chi connectivity index (χ0) is 21.7. The highest BCUT2D eigenvalue weighted by atomic mass is 32.1. The Bertz CT molecular complexity index is 1160. The predicted molar refractivity (Wildman–Crippen MR) is 114 cm³/mol. The summed E-state index contributed by atoms with van der Waals surface area (Å²) in [7, 11) is 0. The van der Waals surface area contributed by atoms with E-state index in [2.05, 4.69) is 10.3 Å². The Morgan fingerprint density at radius 2 is 1.97 bits per heavy atom. The summed E-state index contributed by atoms with van der Waals surface area (Å²) >= 11 is 1.31. The molecule has 1 aromatic heterocycles. The van der Waals surface area contributed by atoms with Gasteiger partial charge in [-0.05, 0) is 37.3 Å². The molecule has 2 amide bonds. The Morgan fingerprint density at radius 1 is 1.23 bits per heavy atom. The maximum atomic E-state index is 12.6. The van der Waals surface area contributed by atoms with Crippen molar-refractivity contribution in [3.05, 3.63) is 62.9 Å². The molecule has 1 heterocycles. The monoisotopic (exact) mass is 428 g/mol. The number of amides is 2. The Labute approximate surface area is 175 Å². The predicted octanol–water partition coefficient (Wildman–Crippen LogP) is 3.35. The number of rotatable bonds is 7. The van der Waals surface area contributed by atoms with Crippen molar-refractivity contribution in [1.82, 2.24) is 4.57 Å². The number of carbonyl (C=O) groups excluding carboxylic acids is 2. The average molecular weight is 428 g/mol. The van der Waals surface area contributed by atoms with E-state index in [9.17, 15) is 19.7 Å². The molecule has 30 heavy (non-hydrogen) atoms. The van der Waals surface area contributed by atoms with Gasteiger partial charge in [0.05, 0.1) is 21.7 Å². The molecule has 0 aliphatic heterocycles. The van der Waals surface area contributed by atoms with Crippen LogP contribution in [0.25, 0.3) is 10.2 Å². The lowest BCUT2D eigenvalue weighted by atomic mass is 10.2. The van der Waals surface area contributed by atoms with Gasteiger partial charge in [-0.25, -0.2) is 0 Å². The van der Waals surface area contributed by atoms with Gasteiger partial charge in [0.2, 0.25) is 5.91 Å². The minimum Gasteiger partial charge on any atom is -0.380 e. The molecule has 1 N–H and O–H groups in total. The Hall–Kier alpha value is -3.37. The summed E-state index contributed by atoms with van der Waals surface area (Å²) in [5, 5.41) is 13.5. The summed E-state index contributed by atoms with van der Waals surface area (Å²) < 4.78 is 8.19. The van der Waals surface area contributed by atoms with E-state index >= 15 is 0 Å². The van der Waals surface area contributed by atoms with Gasteiger partial charge in [0.1, 0.15) is 0 Å². The number of hydrogen-bond acceptors (Lipinski definition) is 6. The second-order valence-corrected chi connectivity index (χ2v) is 7.33. The maximum absolute atomic E-state index is 12.6. The lowest BCUT2D eigenvalue weighted by molar-refractivity contribution is -0.384. The molecule has 0 fully saturated rings. The van der Waals surface area contributed by atoms with Crippen molar-refractivity contribution < 1.29 is 19.2 Å². The van der Waals surface area contributed by atoms with Crippen LogP contribution in [0.3, 0.4) is 0 Å². The van der Waals surface area contributed by atoms with Crippen LogP contribution in [0, 0.1) is 10.1 Å². The largest absolute Gasteiger partial charge is 0.380 e. The van der Waals surface area contributed by atoms with Crippen LogP contribution >= 0.6 is 11.3 Å². The van der Waals surface area contributed by atoms with E-state index in [-0.39, 0.29) is 17.2 Å². The zero-order valence-corrected chi connectivity index (χ0v) is 17.3. The molecule has 10 heteroatoms. The van der Waals surface area contributed by atoms with Crippen LogP contribution in [0.1, 0.15) is 24.2 Å². The number of nitro groups is 1. The molecule has 0 aliphatic carbocycles. The molecule has 9 nitrogen and oxygen atoms in total. The second-order valence-electron chi connectivity index (χ2n) is 6.32. The van der Waals surface area contributed by atoms with Gasteiger partial charge in [-0.2, -0.15) is 4.99 Å². The summed E-state index contributed by atoms with van der Waals surface area (Å²) in [6.45, 7) is 4.86. The minimum atomic E-state index is -0.522. The molecule has 0 radical (unpaired) electrons. The molecule has 0 aliphatic rings. The number of benzene rings is 2. The number of aromatic nitrogens is 1. The summed E-state index contributed by atoms with van der Waals surface area (Å²) in [6.07, 6.45) is 0. The fourth-order valence-corrected chi connectivity index (χ4v) is 3.93. The van der Waals surface area contributed by atoms with Crippen LogP contribution in [-0.4, -0.2) is 34.5 Å². The van der Waals surface area contributed by atoms with Crippen molar-refractivity contribution in [2.45, 2.75) is 20.4 Å². The third kappa shape index (κ3) is 4.97. The number of anilines is 1. The molecule has 0 unspecified atom stereocenters. The molecule has 2 aromatic carbocycles. The molecule has 3 rings (SSSR count). The molecule has 0 atom stereocenters. The normalized spacial score (nSPS) is 11.6. The van der Waals surface area contributed by atoms with Crippen LogP contribution in [0.15, 0.2) is 47.5 Å². The first kappa shape index (κ1) is 21.3. The van der Waals surface area contributed by atoms with E-state index < -0.39 is 10.8 Å². The van der Waals surface area contributed by atoms with Gasteiger partial charge < -0.3 is 14.6 Å². The average Bonchev–Trinajstić information content (AvgIpc) is 3.04. The number of nitrogens with zero attached hydrogens (tertiary/aromatic N) is 3. The minimum absolute atomic E-state index is 0.0920. The molecule has 0 bridgehead atoms.